The Morgan fingerprint density at radius 1 is 1.06 bits per heavy atom. The molecule has 0 aromatic rings. The minimum absolute atomic E-state index is 0.0392. The van der Waals surface area contributed by atoms with Gasteiger partial charge in [0.15, 0.2) is 0 Å². The molecule has 0 aliphatic heterocycles. The first-order chi connectivity index (χ1) is 8.09. The highest BCUT2D eigenvalue weighted by Gasteiger charge is 2.21. The quantitative estimate of drug-likeness (QED) is 0.600. The summed E-state index contributed by atoms with van der Waals surface area (Å²) in [6, 6.07) is 0. The Kier molecular flexibility index (Phi) is 5.45. The highest BCUT2D eigenvalue weighted by atomic mass is 16.2. The second-order valence-corrected chi connectivity index (χ2v) is 4.28. The summed E-state index contributed by atoms with van der Waals surface area (Å²) < 4.78 is 0. The van der Waals surface area contributed by atoms with Gasteiger partial charge in [-0.2, -0.15) is 0 Å². The van der Waals surface area contributed by atoms with Crippen molar-refractivity contribution in [3.63, 3.8) is 0 Å². The molecule has 0 aromatic heterocycles. The molecule has 3 N–H and O–H groups in total. The molecule has 1 saturated carbocycles. The van der Waals surface area contributed by atoms with E-state index in [4.69, 9.17) is 0 Å². The summed E-state index contributed by atoms with van der Waals surface area (Å²) in [5.74, 6) is -0.804. The maximum absolute atomic E-state index is 11.7. The summed E-state index contributed by atoms with van der Waals surface area (Å²) in [7, 11) is 0. The molecule has 3 amide bonds. The van der Waals surface area contributed by atoms with Crippen molar-refractivity contribution >= 4 is 17.7 Å². The molecular weight excluding hydrogens is 222 g/mol. The largest absolute Gasteiger partial charge is 0.347 e. The van der Waals surface area contributed by atoms with E-state index in [0.29, 0.717) is 0 Å². The minimum Gasteiger partial charge on any atom is -0.347 e. The molecule has 1 fully saturated rings. The summed E-state index contributed by atoms with van der Waals surface area (Å²) in [6.07, 6.45) is 5.15. The van der Waals surface area contributed by atoms with Crippen molar-refractivity contribution in [3.8, 4) is 0 Å². The Bertz CT molecular complexity index is 298. The number of hydrogen-bond acceptors (Lipinski definition) is 3. The third kappa shape index (κ3) is 5.33. The zero-order chi connectivity index (χ0) is 12.7. The molecule has 1 aliphatic carbocycles. The van der Waals surface area contributed by atoms with Gasteiger partial charge in [-0.25, -0.2) is 0 Å². The van der Waals surface area contributed by atoms with Crippen molar-refractivity contribution in [3.05, 3.63) is 0 Å². The zero-order valence-corrected chi connectivity index (χ0v) is 10.0. The molecule has 1 aliphatic rings. The van der Waals surface area contributed by atoms with Gasteiger partial charge < -0.3 is 5.32 Å². The van der Waals surface area contributed by atoms with Crippen molar-refractivity contribution in [1.82, 2.24) is 16.2 Å². The van der Waals surface area contributed by atoms with E-state index in [1.54, 1.807) is 0 Å². The van der Waals surface area contributed by atoms with Gasteiger partial charge >= 0.3 is 0 Å². The van der Waals surface area contributed by atoms with E-state index >= 15 is 0 Å². The highest BCUT2D eigenvalue weighted by molar-refractivity contribution is 5.87. The predicted octanol–water partition coefficient (Wildman–Crippen LogP) is -0.150. The number of rotatable bonds is 3. The first-order valence-corrected chi connectivity index (χ1v) is 5.92. The van der Waals surface area contributed by atoms with Crippen LogP contribution < -0.4 is 16.2 Å². The summed E-state index contributed by atoms with van der Waals surface area (Å²) in [5, 5.41) is 2.57. The van der Waals surface area contributed by atoms with Gasteiger partial charge in [0.2, 0.25) is 11.8 Å². The third-order valence-electron chi connectivity index (χ3n) is 2.78. The van der Waals surface area contributed by atoms with Gasteiger partial charge in [-0.1, -0.05) is 19.3 Å². The van der Waals surface area contributed by atoms with E-state index in [1.807, 2.05) is 0 Å². The van der Waals surface area contributed by atoms with E-state index in [2.05, 4.69) is 16.2 Å². The van der Waals surface area contributed by atoms with Crippen LogP contribution in [0.4, 0.5) is 0 Å². The van der Waals surface area contributed by atoms with E-state index < -0.39 is 5.91 Å². The van der Waals surface area contributed by atoms with Gasteiger partial charge in [-0.3, -0.25) is 25.2 Å². The first-order valence-electron chi connectivity index (χ1n) is 5.92. The molecule has 96 valence electrons. The monoisotopic (exact) mass is 241 g/mol. The number of amides is 3. The predicted molar refractivity (Wildman–Crippen MR) is 61.5 cm³/mol. The zero-order valence-electron chi connectivity index (χ0n) is 10.0. The second-order valence-electron chi connectivity index (χ2n) is 4.28. The lowest BCUT2D eigenvalue weighted by atomic mass is 9.89. The van der Waals surface area contributed by atoms with Crippen LogP contribution in [0.2, 0.25) is 0 Å². The number of hydrazine groups is 1. The Balaban J connectivity index is 2.18. The molecule has 0 heterocycles. The average Bonchev–Trinajstić information content (AvgIpc) is 2.34. The molecule has 0 atom stereocenters. The lowest BCUT2D eigenvalue weighted by Crippen LogP contribution is -2.46. The maximum atomic E-state index is 11.7. The summed E-state index contributed by atoms with van der Waals surface area (Å²) in [4.78, 5) is 33.4. The van der Waals surface area contributed by atoms with Crippen LogP contribution in [0.3, 0.4) is 0 Å². The van der Waals surface area contributed by atoms with Gasteiger partial charge in [0.1, 0.15) is 0 Å². The molecule has 6 heteroatoms. The molecule has 1 rings (SSSR count). The first kappa shape index (κ1) is 13.5. The fourth-order valence-corrected chi connectivity index (χ4v) is 1.88. The van der Waals surface area contributed by atoms with Crippen LogP contribution in [0.15, 0.2) is 0 Å². The Labute approximate surface area is 100 Å². The van der Waals surface area contributed by atoms with E-state index in [-0.39, 0.29) is 24.3 Å². The topological polar surface area (TPSA) is 87.3 Å². The van der Waals surface area contributed by atoms with E-state index in [1.165, 1.54) is 13.3 Å². The van der Waals surface area contributed by atoms with Crippen LogP contribution in [0.25, 0.3) is 0 Å². The lowest BCUT2D eigenvalue weighted by molar-refractivity contribution is -0.130. The molecule has 6 nitrogen and oxygen atoms in total. The Morgan fingerprint density at radius 2 is 1.71 bits per heavy atom. The van der Waals surface area contributed by atoms with E-state index in [0.717, 1.165) is 25.7 Å². The molecule has 0 spiro atoms. The van der Waals surface area contributed by atoms with Gasteiger partial charge in [-0.05, 0) is 12.8 Å². The minimum atomic E-state index is -0.427. The van der Waals surface area contributed by atoms with Crippen molar-refractivity contribution in [1.29, 1.82) is 0 Å². The summed E-state index contributed by atoms with van der Waals surface area (Å²) in [5.41, 5.74) is 4.35. The Hall–Kier alpha value is -1.59. The normalized spacial score (nSPS) is 16.1. The van der Waals surface area contributed by atoms with Gasteiger partial charge in [0, 0.05) is 12.8 Å². The van der Waals surface area contributed by atoms with Crippen molar-refractivity contribution in [2.24, 2.45) is 5.92 Å². The molecule has 0 aromatic carbocycles. The van der Waals surface area contributed by atoms with Crippen LogP contribution >= 0.6 is 0 Å². The fourth-order valence-electron chi connectivity index (χ4n) is 1.88. The highest BCUT2D eigenvalue weighted by Crippen LogP contribution is 2.23. The number of hydrogen-bond donors (Lipinski definition) is 3. The van der Waals surface area contributed by atoms with Crippen LogP contribution in [0.5, 0.6) is 0 Å². The van der Waals surface area contributed by atoms with Gasteiger partial charge in [-0.15, -0.1) is 0 Å². The number of carbonyl (C=O) groups excluding carboxylic acids is 3. The molecule has 0 saturated heterocycles. The Morgan fingerprint density at radius 3 is 2.29 bits per heavy atom. The van der Waals surface area contributed by atoms with E-state index in [9.17, 15) is 14.4 Å². The van der Waals surface area contributed by atoms with Crippen molar-refractivity contribution < 1.29 is 14.4 Å². The number of carbonyl (C=O) groups is 3. The molecule has 17 heavy (non-hydrogen) atoms. The van der Waals surface area contributed by atoms with Crippen molar-refractivity contribution in [2.45, 2.75) is 39.0 Å². The van der Waals surface area contributed by atoms with Crippen LogP contribution in [0.1, 0.15) is 39.0 Å². The van der Waals surface area contributed by atoms with Crippen LogP contribution in [-0.4, -0.2) is 24.3 Å². The summed E-state index contributed by atoms with van der Waals surface area (Å²) >= 11 is 0. The van der Waals surface area contributed by atoms with Gasteiger partial charge in [0.25, 0.3) is 5.91 Å². The average molecular weight is 241 g/mol. The molecule has 0 bridgehead atoms. The standard InChI is InChI=1S/C11H19N3O3/c1-8(15)13-14-10(16)7-12-11(17)9-5-3-2-4-6-9/h9H,2-7H2,1H3,(H,12,17)(H,13,15)(H,14,16). The number of nitrogens with one attached hydrogen (secondary N) is 3. The smallest absolute Gasteiger partial charge is 0.257 e. The maximum Gasteiger partial charge on any atom is 0.257 e. The molecule has 0 unspecified atom stereocenters. The fraction of sp³-hybridized carbons (Fsp3) is 0.727. The molecular formula is C11H19N3O3. The van der Waals surface area contributed by atoms with Crippen LogP contribution in [0, 0.1) is 5.92 Å². The van der Waals surface area contributed by atoms with Gasteiger partial charge in [0.05, 0.1) is 6.54 Å². The summed E-state index contributed by atoms with van der Waals surface area (Å²) in [6.45, 7) is 1.19. The third-order valence-corrected chi connectivity index (χ3v) is 2.78. The lowest BCUT2D eigenvalue weighted by Gasteiger charge is -2.20. The van der Waals surface area contributed by atoms with Crippen LogP contribution in [-0.2, 0) is 14.4 Å². The van der Waals surface area contributed by atoms with Crippen molar-refractivity contribution in [2.75, 3.05) is 6.54 Å². The molecule has 0 radical (unpaired) electrons. The second kappa shape index (κ2) is 6.88. The SMILES string of the molecule is CC(=O)NNC(=O)CNC(=O)C1CCCCC1.